The van der Waals surface area contributed by atoms with Gasteiger partial charge in [0.15, 0.2) is 5.76 Å². The first-order chi connectivity index (χ1) is 10.1. The van der Waals surface area contributed by atoms with Crippen molar-refractivity contribution < 1.29 is 9.32 Å². The van der Waals surface area contributed by atoms with Crippen LogP contribution >= 0.6 is 15.9 Å². The molecule has 2 amide bonds. The first-order valence-corrected chi connectivity index (χ1v) is 7.69. The number of amides is 2. The summed E-state index contributed by atoms with van der Waals surface area (Å²) in [6.45, 7) is 2.61. The van der Waals surface area contributed by atoms with Crippen LogP contribution in [0.3, 0.4) is 0 Å². The third-order valence-corrected chi connectivity index (χ3v) is 4.11. The molecule has 2 aromatic rings. The SMILES string of the molecule is Cc1cc([C@@H]2CCCN2C(=O)Nc2ccc(Br)cc2)on1. The largest absolute Gasteiger partial charge is 0.359 e. The van der Waals surface area contributed by atoms with Gasteiger partial charge in [0.1, 0.15) is 0 Å². The van der Waals surface area contributed by atoms with Gasteiger partial charge < -0.3 is 14.7 Å². The molecule has 1 fully saturated rings. The maximum Gasteiger partial charge on any atom is 0.322 e. The molecule has 0 bridgehead atoms. The molecule has 0 spiro atoms. The van der Waals surface area contributed by atoms with Gasteiger partial charge in [-0.15, -0.1) is 0 Å². The molecule has 1 saturated heterocycles. The molecular weight excluding hydrogens is 334 g/mol. The monoisotopic (exact) mass is 349 g/mol. The lowest BCUT2D eigenvalue weighted by molar-refractivity contribution is 0.195. The number of carbonyl (C=O) groups is 1. The number of halogens is 1. The number of benzene rings is 1. The number of carbonyl (C=O) groups excluding carboxylic acids is 1. The van der Waals surface area contributed by atoms with Crippen molar-refractivity contribution in [3.8, 4) is 0 Å². The summed E-state index contributed by atoms with van der Waals surface area (Å²) >= 11 is 3.38. The highest BCUT2D eigenvalue weighted by atomic mass is 79.9. The lowest BCUT2D eigenvalue weighted by atomic mass is 10.1. The Balaban J connectivity index is 1.72. The minimum atomic E-state index is -0.103. The third kappa shape index (κ3) is 3.10. The smallest absolute Gasteiger partial charge is 0.322 e. The van der Waals surface area contributed by atoms with Crippen LogP contribution in [0.1, 0.15) is 30.3 Å². The second kappa shape index (κ2) is 5.89. The average molecular weight is 350 g/mol. The van der Waals surface area contributed by atoms with E-state index in [1.165, 1.54) is 0 Å². The van der Waals surface area contributed by atoms with Gasteiger partial charge in [0.2, 0.25) is 0 Å². The molecule has 1 aliphatic heterocycles. The maximum absolute atomic E-state index is 12.4. The van der Waals surface area contributed by atoms with Crippen molar-refractivity contribution in [2.75, 3.05) is 11.9 Å². The molecule has 5 nitrogen and oxygen atoms in total. The zero-order valence-electron chi connectivity index (χ0n) is 11.7. The number of anilines is 1. The molecular formula is C15H16BrN3O2. The highest BCUT2D eigenvalue weighted by molar-refractivity contribution is 9.10. The summed E-state index contributed by atoms with van der Waals surface area (Å²) in [5.74, 6) is 0.760. The predicted octanol–water partition coefficient (Wildman–Crippen LogP) is 4.11. The van der Waals surface area contributed by atoms with Crippen molar-refractivity contribution in [3.63, 3.8) is 0 Å². The fraction of sp³-hybridized carbons (Fsp3) is 0.333. The van der Waals surface area contributed by atoms with E-state index in [1.54, 1.807) is 0 Å². The van der Waals surface area contributed by atoms with Crippen LogP contribution in [-0.2, 0) is 0 Å². The van der Waals surface area contributed by atoms with Gasteiger partial charge in [0.05, 0.1) is 11.7 Å². The first kappa shape index (κ1) is 14.1. The number of hydrogen-bond acceptors (Lipinski definition) is 3. The molecule has 1 aromatic carbocycles. The number of rotatable bonds is 2. The van der Waals surface area contributed by atoms with E-state index in [4.69, 9.17) is 4.52 Å². The number of likely N-dealkylation sites (tertiary alicyclic amines) is 1. The average Bonchev–Trinajstić information content (AvgIpc) is 3.09. The quantitative estimate of drug-likeness (QED) is 0.887. The minimum Gasteiger partial charge on any atom is -0.359 e. The van der Waals surface area contributed by atoms with Gasteiger partial charge in [-0.2, -0.15) is 0 Å². The molecule has 3 rings (SSSR count). The molecule has 2 heterocycles. The molecule has 1 atom stereocenters. The number of aryl methyl sites for hydroxylation is 1. The van der Waals surface area contributed by atoms with Gasteiger partial charge in [-0.25, -0.2) is 4.79 Å². The number of hydrogen-bond donors (Lipinski definition) is 1. The molecule has 0 unspecified atom stereocenters. The van der Waals surface area contributed by atoms with E-state index >= 15 is 0 Å². The lowest BCUT2D eigenvalue weighted by Gasteiger charge is -2.23. The normalized spacial score (nSPS) is 18.0. The second-order valence-corrected chi connectivity index (χ2v) is 6.07. The van der Waals surface area contributed by atoms with Crippen LogP contribution in [0.25, 0.3) is 0 Å². The van der Waals surface area contributed by atoms with Gasteiger partial charge in [-0.05, 0) is 44.0 Å². The van der Waals surface area contributed by atoms with Crippen molar-refractivity contribution in [1.82, 2.24) is 10.1 Å². The van der Waals surface area contributed by atoms with Crippen molar-refractivity contribution >= 4 is 27.6 Å². The Morgan fingerprint density at radius 1 is 1.43 bits per heavy atom. The number of nitrogens with one attached hydrogen (secondary N) is 1. The second-order valence-electron chi connectivity index (χ2n) is 5.16. The van der Waals surface area contributed by atoms with E-state index in [2.05, 4.69) is 26.4 Å². The summed E-state index contributed by atoms with van der Waals surface area (Å²) in [5, 5.41) is 6.83. The molecule has 0 saturated carbocycles. The van der Waals surface area contributed by atoms with Crippen molar-refractivity contribution in [2.45, 2.75) is 25.8 Å². The van der Waals surface area contributed by atoms with Crippen LogP contribution in [0.15, 0.2) is 39.3 Å². The molecule has 6 heteroatoms. The predicted molar refractivity (Wildman–Crippen MR) is 83.1 cm³/mol. The zero-order valence-corrected chi connectivity index (χ0v) is 13.3. The molecule has 110 valence electrons. The van der Waals surface area contributed by atoms with Crippen LogP contribution in [-0.4, -0.2) is 22.6 Å². The molecule has 1 N–H and O–H groups in total. The minimum absolute atomic E-state index is 0.0263. The number of aromatic nitrogens is 1. The van der Waals surface area contributed by atoms with E-state index < -0.39 is 0 Å². The summed E-state index contributed by atoms with van der Waals surface area (Å²) < 4.78 is 6.30. The standard InChI is InChI=1S/C15H16BrN3O2/c1-10-9-14(21-18-10)13-3-2-8-19(13)15(20)17-12-6-4-11(16)5-7-12/h4-7,9,13H,2-3,8H2,1H3,(H,17,20)/t13-/m0/s1. The fourth-order valence-corrected chi connectivity index (χ4v) is 2.84. The van der Waals surface area contributed by atoms with Crippen molar-refractivity contribution in [1.29, 1.82) is 0 Å². The summed E-state index contributed by atoms with van der Waals surface area (Å²) in [6, 6.07) is 9.30. The Labute approximate surface area is 131 Å². The summed E-state index contributed by atoms with van der Waals surface area (Å²) in [7, 11) is 0. The summed E-state index contributed by atoms with van der Waals surface area (Å²) in [6.07, 6.45) is 1.88. The van der Waals surface area contributed by atoms with E-state index in [0.717, 1.165) is 41.0 Å². The topological polar surface area (TPSA) is 58.4 Å². The van der Waals surface area contributed by atoms with E-state index in [0.29, 0.717) is 0 Å². The van der Waals surface area contributed by atoms with Crippen LogP contribution in [0.4, 0.5) is 10.5 Å². The Morgan fingerprint density at radius 3 is 2.86 bits per heavy atom. The molecule has 0 aliphatic carbocycles. The highest BCUT2D eigenvalue weighted by Gasteiger charge is 2.32. The third-order valence-electron chi connectivity index (χ3n) is 3.58. The Kier molecular flexibility index (Phi) is 3.96. The maximum atomic E-state index is 12.4. The highest BCUT2D eigenvalue weighted by Crippen LogP contribution is 2.32. The van der Waals surface area contributed by atoms with Crippen LogP contribution in [0, 0.1) is 6.92 Å². The van der Waals surface area contributed by atoms with Gasteiger partial charge in [-0.3, -0.25) is 0 Å². The van der Waals surface area contributed by atoms with Crippen molar-refractivity contribution in [2.24, 2.45) is 0 Å². The van der Waals surface area contributed by atoms with E-state index in [9.17, 15) is 4.79 Å². The molecule has 1 aromatic heterocycles. The Morgan fingerprint density at radius 2 is 2.19 bits per heavy atom. The van der Waals surface area contributed by atoms with Gasteiger partial charge in [0.25, 0.3) is 0 Å². The molecule has 1 aliphatic rings. The fourth-order valence-electron chi connectivity index (χ4n) is 2.57. The summed E-state index contributed by atoms with van der Waals surface area (Å²) in [5.41, 5.74) is 1.62. The Bertz CT molecular complexity index is 639. The van der Waals surface area contributed by atoms with Crippen LogP contribution in [0.2, 0.25) is 0 Å². The van der Waals surface area contributed by atoms with E-state index in [1.807, 2.05) is 42.2 Å². The first-order valence-electron chi connectivity index (χ1n) is 6.90. The van der Waals surface area contributed by atoms with E-state index in [-0.39, 0.29) is 12.1 Å². The zero-order chi connectivity index (χ0) is 14.8. The van der Waals surface area contributed by atoms with Crippen LogP contribution < -0.4 is 5.32 Å². The van der Waals surface area contributed by atoms with Gasteiger partial charge in [0, 0.05) is 22.8 Å². The molecule has 21 heavy (non-hydrogen) atoms. The molecule has 0 radical (unpaired) electrons. The Hall–Kier alpha value is -1.82. The van der Waals surface area contributed by atoms with Crippen LogP contribution in [0.5, 0.6) is 0 Å². The lowest BCUT2D eigenvalue weighted by Crippen LogP contribution is -2.34. The van der Waals surface area contributed by atoms with Gasteiger partial charge in [-0.1, -0.05) is 21.1 Å². The summed E-state index contributed by atoms with van der Waals surface area (Å²) in [4.78, 5) is 14.2. The van der Waals surface area contributed by atoms with Gasteiger partial charge >= 0.3 is 6.03 Å². The number of nitrogens with zero attached hydrogens (tertiary/aromatic N) is 2. The van der Waals surface area contributed by atoms with Crippen molar-refractivity contribution in [3.05, 3.63) is 46.3 Å². The number of urea groups is 1.